The van der Waals surface area contributed by atoms with Crippen LogP contribution in [0.5, 0.6) is 0 Å². The van der Waals surface area contributed by atoms with Crippen molar-refractivity contribution in [3.8, 4) is 0 Å². The Bertz CT molecular complexity index is 1510. The lowest BCUT2D eigenvalue weighted by molar-refractivity contribution is -0.120. The van der Waals surface area contributed by atoms with Crippen LogP contribution in [-0.4, -0.2) is 17.7 Å². The van der Waals surface area contributed by atoms with Gasteiger partial charge in [0.05, 0.1) is 11.3 Å². The Morgan fingerprint density at radius 3 is 2.20 bits per heavy atom. The van der Waals surface area contributed by atoms with E-state index in [1.807, 2.05) is 61.5 Å². The minimum absolute atomic E-state index is 0.187. The maximum absolute atomic E-state index is 13.7. The van der Waals surface area contributed by atoms with Gasteiger partial charge in [-0.2, -0.15) is 0 Å². The second-order valence-electron chi connectivity index (χ2n) is 8.39. The molecule has 5 rings (SSSR count). The van der Waals surface area contributed by atoms with E-state index in [-0.39, 0.29) is 17.2 Å². The number of benzene rings is 4. The summed E-state index contributed by atoms with van der Waals surface area (Å²) in [7, 11) is 0. The van der Waals surface area contributed by atoms with Gasteiger partial charge in [0, 0.05) is 23.7 Å². The fraction of sp³-hybridized carbons (Fsp3) is 0.0690. The number of para-hydroxylation sites is 1. The number of aryl methyl sites for hydroxylation is 1. The number of carbonyl (C=O) groups excluding carboxylic acids is 3. The van der Waals surface area contributed by atoms with Crippen LogP contribution in [0.3, 0.4) is 0 Å². The molecule has 0 saturated heterocycles. The summed E-state index contributed by atoms with van der Waals surface area (Å²) in [6, 6.07) is 27.9. The van der Waals surface area contributed by atoms with Crippen LogP contribution in [0.4, 0.5) is 17.1 Å². The molecule has 6 nitrogen and oxygen atoms in total. The molecule has 4 aromatic carbocycles. The topological polar surface area (TPSA) is 78.5 Å². The molecule has 0 unspecified atom stereocenters. The Kier molecular flexibility index (Phi) is 5.63. The van der Waals surface area contributed by atoms with Crippen molar-refractivity contribution < 1.29 is 14.4 Å². The fourth-order valence-electron chi connectivity index (χ4n) is 4.34. The minimum Gasteiger partial charge on any atom is -0.350 e. The molecule has 0 atom stereocenters. The van der Waals surface area contributed by atoms with Crippen LogP contribution in [0, 0.1) is 6.92 Å². The Hall–Kier alpha value is -4.71. The molecule has 1 aliphatic heterocycles. The average Bonchev–Trinajstić information content (AvgIpc) is 3.09. The van der Waals surface area contributed by atoms with Crippen LogP contribution in [-0.2, 0) is 14.4 Å². The van der Waals surface area contributed by atoms with Gasteiger partial charge in [0.25, 0.3) is 11.8 Å². The van der Waals surface area contributed by atoms with E-state index in [1.54, 1.807) is 36.4 Å². The highest BCUT2D eigenvalue weighted by Gasteiger charge is 2.40. The van der Waals surface area contributed by atoms with Crippen LogP contribution in [0.2, 0.25) is 0 Å². The molecule has 35 heavy (non-hydrogen) atoms. The Morgan fingerprint density at radius 2 is 1.46 bits per heavy atom. The van der Waals surface area contributed by atoms with Gasteiger partial charge in [0.1, 0.15) is 5.70 Å². The second kappa shape index (κ2) is 8.91. The van der Waals surface area contributed by atoms with Gasteiger partial charge in [0.15, 0.2) is 0 Å². The maximum atomic E-state index is 13.7. The quantitative estimate of drug-likeness (QED) is 0.385. The second-order valence-corrected chi connectivity index (χ2v) is 8.39. The molecule has 1 aliphatic rings. The minimum atomic E-state index is -0.418. The number of imide groups is 1. The largest absolute Gasteiger partial charge is 0.350 e. The summed E-state index contributed by atoms with van der Waals surface area (Å²) in [4.78, 5) is 40.1. The Balaban J connectivity index is 1.64. The molecule has 3 amide bonds. The van der Waals surface area contributed by atoms with Crippen LogP contribution in [0.1, 0.15) is 18.1 Å². The van der Waals surface area contributed by atoms with Gasteiger partial charge < -0.3 is 10.6 Å². The molecule has 6 heteroatoms. The third kappa shape index (κ3) is 4.06. The Labute approximate surface area is 202 Å². The number of rotatable bonds is 5. The highest BCUT2D eigenvalue weighted by molar-refractivity contribution is 6.46. The number of fused-ring (bicyclic) bond motifs is 1. The standard InChI is InChI=1S/C29H23N3O3/c1-18-8-3-6-13-25(18)32-28(34)26(21-14-16-22(17-15-21)30-19(2)33)27(29(32)35)31-24-12-7-10-20-9-4-5-11-23(20)24/h3-17,31H,1-2H3,(H,30,33). The molecular formula is C29H23N3O3. The van der Waals surface area contributed by atoms with Crippen molar-refractivity contribution in [2.75, 3.05) is 15.5 Å². The molecular weight excluding hydrogens is 438 g/mol. The van der Waals surface area contributed by atoms with Gasteiger partial charge in [-0.05, 0) is 47.7 Å². The average molecular weight is 462 g/mol. The van der Waals surface area contributed by atoms with Crippen LogP contribution in [0.25, 0.3) is 16.3 Å². The van der Waals surface area contributed by atoms with Crippen molar-refractivity contribution in [2.45, 2.75) is 13.8 Å². The summed E-state index contributed by atoms with van der Waals surface area (Å²) >= 11 is 0. The predicted molar refractivity (Wildman–Crippen MR) is 139 cm³/mol. The number of nitrogens with one attached hydrogen (secondary N) is 2. The third-order valence-corrected chi connectivity index (χ3v) is 5.98. The molecule has 1 heterocycles. The van der Waals surface area contributed by atoms with Crippen LogP contribution < -0.4 is 15.5 Å². The van der Waals surface area contributed by atoms with E-state index < -0.39 is 11.8 Å². The van der Waals surface area contributed by atoms with Crippen molar-refractivity contribution in [3.05, 3.63) is 108 Å². The van der Waals surface area contributed by atoms with Gasteiger partial charge in [-0.3, -0.25) is 14.4 Å². The van der Waals surface area contributed by atoms with Gasteiger partial charge >= 0.3 is 0 Å². The molecule has 0 aliphatic carbocycles. The molecule has 0 bridgehead atoms. The summed E-state index contributed by atoms with van der Waals surface area (Å²) in [5.41, 5.74) is 3.78. The van der Waals surface area contributed by atoms with E-state index in [0.29, 0.717) is 16.9 Å². The lowest BCUT2D eigenvalue weighted by Gasteiger charge is -2.18. The third-order valence-electron chi connectivity index (χ3n) is 5.98. The van der Waals surface area contributed by atoms with Crippen LogP contribution in [0.15, 0.2) is 96.7 Å². The zero-order valence-electron chi connectivity index (χ0n) is 19.3. The van der Waals surface area contributed by atoms with Crippen molar-refractivity contribution >= 4 is 51.1 Å². The first kappa shape index (κ1) is 22.1. The summed E-state index contributed by atoms with van der Waals surface area (Å²) in [5.74, 6) is -1.01. The molecule has 0 radical (unpaired) electrons. The number of amides is 3. The highest BCUT2D eigenvalue weighted by Crippen LogP contribution is 2.36. The van der Waals surface area contributed by atoms with Gasteiger partial charge in [-0.15, -0.1) is 0 Å². The predicted octanol–water partition coefficient (Wildman–Crippen LogP) is 5.50. The Morgan fingerprint density at radius 1 is 0.771 bits per heavy atom. The zero-order chi connectivity index (χ0) is 24.5. The first-order valence-electron chi connectivity index (χ1n) is 11.3. The van der Waals surface area contributed by atoms with Crippen molar-refractivity contribution in [3.63, 3.8) is 0 Å². The number of hydrogen-bond donors (Lipinski definition) is 2. The molecule has 0 fully saturated rings. The lowest BCUT2D eigenvalue weighted by atomic mass is 10.0. The molecule has 0 spiro atoms. The van der Waals surface area contributed by atoms with Crippen molar-refractivity contribution in [2.24, 2.45) is 0 Å². The van der Waals surface area contributed by atoms with E-state index in [9.17, 15) is 14.4 Å². The van der Waals surface area contributed by atoms with E-state index in [0.717, 1.165) is 22.0 Å². The highest BCUT2D eigenvalue weighted by atomic mass is 16.2. The smallest absolute Gasteiger partial charge is 0.282 e. The molecule has 4 aromatic rings. The molecule has 2 N–H and O–H groups in total. The van der Waals surface area contributed by atoms with E-state index in [2.05, 4.69) is 10.6 Å². The monoisotopic (exact) mass is 461 g/mol. The van der Waals surface area contributed by atoms with Crippen molar-refractivity contribution in [1.29, 1.82) is 0 Å². The number of hydrogen-bond acceptors (Lipinski definition) is 4. The summed E-state index contributed by atoms with van der Waals surface area (Å²) < 4.78 is 0. The SMILES string of the molecule is CC(=O)Nc1ccc(C2=C(Nc3cccc4ccccc34)C(=O)N(c3ccccc3C)C2=O)cc1. The summed E-state index contributed by atoms with van der Waals surface area (Å²) in [5, 5.41) is 7.96. The van der Waals surface area contributed by atoms with Gasteiger partial charge in [-0.25, -0.2) is 4.90 Å². The summed E-state index contributed by atoms with van der Waals surface area (Å²) in [6.07, 6.45) is 0. The van der Waals surface area contributed by atoms with Crippen molar-refractivity contribution in [1.82, 2.24) is 0 Å². The zero-order valence-corrected chi connectivity index (χ0v) is 19.3. The van der Waals surface area contributed by atoms with E-state index >= 15 is 0 Å². The first-order chi connectivity index (χ1) is 16.9. The molecule has 0 saturated carbocycles. The van der Waals surface area contributed by atoms with Gasteiger partial charge in [-0.1, -0.05) is 66.7 Å². The van der Waals surface area contributed by atoms with E-state index in [4.69, 9.17) is 0 Å². The van der Waals surface area contributed by atoms with E-state index in [1.165, 1.54) is 11.8 Å². The maximum Gasteiger partial charge on any atom is 0.282 e. The first-order valence-corrected chi connectivity index (χ1v) is 11.3. The number of anilines is 3. The number of carbonyl (C=O) groups is 3. The van der Waals surface area contributed by atoms with Crippen LogP contribution >= 0.6 is 0 Å². The number of nitrogens with zero attached hydrogens (tertiary/aromatic N) is 1. The summed E-state index contributed by atoms with van der Waals surface area (Å²) in [6.45, 7) is 3.30. The normalized spacial score (nSPS) is 13.5. The molecule has 172 valence electrons. The lowest BCUT2D eigenvalue weighted by Crippen LogP contribution is -2.33. The van der Waals surface area contributed by atoms with Gasteiger partial charge in [0.2, 0.25) is 5.91 Å². The molecule has 0 aromatic heterocycles. The fourth-order valence-corrected chi connectivity index (χ4v) is 4.34.